The molecule has 3 aromatic rings. The minimum atomic E-state index is -1.05. The predicted molar refractivity (Wildman–Crippen MR) is 112 cm³/mol. The van der Waals surface area contributed by atoms with Gasteiger partial charge in [0.2, 0.25) is 0 Å². The number of nitrogens with zero attached hydrogens (tertiary/aromatic N) is 1. The van der Waals surface area contributed by atoms with Crippen LogP contribution in [0.1, 0.15) is 34.3 Å². The second-order valence-electron chi connectivity index (χ2n) is 6.82. The second kappa shape index (κ2) is 8.82. The number of aliphatic carboxylic acids is 1. The lowest BCUT2D eigenvalue weighted by molar-refractivity contribution is -0.138. The van der Waals surface area contributed by atoms with E-state index in [2.05, 4.69) is 4.98 Å². The van der Waals surface area contributed by atoms with E-state index in [0.29, 0.717) is 28.4 Å². The van der Waals surface area contributed by atoms with Crippen LogP contribution in [0.4, 0.5) is 0 Å². The van der Waals surface area contributed by atoms with Gasteiger partial charge in [0.1, 0.15) is 5.75 Å². The Morgan fingerprint density at radius 1 is 1.00 bits per heavy atom. The molecule has 156 valence electrons. The highest BCUT2D eigenvalue weighted by Gasteiger charge is 2.27. The number of ether oxygens (including phenoxy) is 3. The predicted octanol–water partition coefficient (Wildman–Crippen LogP) is 3.87. The van der Waals surface area contributed by atoms with Crippen LogP contribution in [0.25, 0.3) is 10.9 Å². The molecule has 0 bridgehead atoms. The maximum atomic E-state index is 12.3. The number of carbonyl (C=O) groups excluding carboxylic acids is 1. The Hall–Kier alpha value is -3.61. The fourth-order valence-corrected chi connectivity index (χ4v) is 3.51. The average Bonchev–Trinajstić information content (AvgIpc) is 2.75. The van der Waals surface area contributed by atoms with E-state index >= 15 is 0 Å². The smallest absolute Gasteiger partial charge is 0.311 e. The summed E-state index contributed by atoms with van der Waals surface area (Å²) in [6.45, 7) is 1.39. The molecule has 0 aliphatic carbocycles. The number of carbonyl (C=O) groups is 2. The molecule has 3 rings (SSSR count). The molecule has 1 N–H and O–H groups in total. The van der Waals surface area contributed by atoms with Crippen LogP contribution < -0.4 is 14.2 Å². The van der Waals surface area contributed by atoms with Gasteiger partial charge >= 0.3 is 5.97 Å². The minimum Gasteiger partial charge on any atom is -0.496 e. The molecule has 1 heterocycles. The first-order valence-corrected chi connectivity index (χ1v) is 9.30. The maximum absolute atomic E-state index is 12.3. The van der Waals surface area contributed by atoms with Crippen LogP contribution in [0.3, 0.4) is 0 Å². The van der Waals surface area contributed by atoms with E-state index in [-0.39, 0.29) is 17.8 Å². The molecule has 0 saturated carbocycles. The molecule has 0 amide bonds. The van der Waals surface area contributed by atoms with Crippen molar-refractivity contribution in [1.82, 2.24) is 4.98 Å². The van der Waals surface area contributed by atoms with Gasteiger partial charge in [0.05, 0.1) is 32.8 Å². The first-order valence-electron chi connectivity index (χ1n) is 9.30. The number of aromatic nitrogens is 1. The van der Waals surface area contributed by atoms with Crippen molar-refractivity contribution in [1.29, 1.82) is 0 Å². The number of fused-ring (bicyclic) bond motifs is 1. The van der Waals surface area contributed by atoms with Crippen LogP contribution in [0.2, 0.25) is 0 Å². The third-order valence-corrected chi connectivity index (χ3v) is 5.01. The Morgan fingerprint density at radius 3 is 2.27 bits per heavy atom. The number of carboxylic acid groups (broad SMARTS) is 1. The van der Waals surface area contributed by atoms with Crippen LogP contribution in [-0.2, 0) is 11.2 Å². The van der Waals surface area contributed by atoms with Gasteiger partial charge in [0.25, 0.3) is 0 Å². The zero-order chi connectivity index (χ0) is 21.8. The molecule has 2 aromatic carbocycles. The van der Waals surface area contributed by atoms with Gasteiger partial charge in [0.15, 0.2) is 17.3 Å². The lowest BCUT2D eigenvalue weighted by Crippen LogP contribution is -2.18. The van der Waals surface area contributed by atoms with Gasteiger partial charge in [-0.1, -0.05) is 6.07 Å². The molecule has 0 radical (unpaired) electrons. The fraction of sp³-hybridized carbons (Fsp3) is 0.261. The summed E-state index contributed by atoms with van der Waals surface area (Å²) >= 11 is 0. The van der Waals surface area contributed by atoms with Gasteiger partial charge < -0.3 is 19.3 Å². The molecule has 7 nitrogen and oxygen atoms in total. The Bertz CT molecular complexity index is 1110. The molecule has 1 aromatic heterocycles. The zero-order valence-electron chi connectivity index (χ0n) is 17.3. The Labute approximate surface area is 174 Å². The largest absolute Gasteiger partial charge is 0.496 e. The molecule has 0 fully saturated rings. The van der Waals surface area contributed by atoms with Crippen molar-refractivity contribution in [3.8, 4) is 17.2 Å². The van der Waals surface area contributed by atoms with E-state index < -0.39 is 11.9 Å². The summed E-state index contributed by atoms with van der Waals surface area (Å²) in [5.74, 6) is -0.892. The monoisotopic (exact) mass is 409 g/mol. The zero-order valence-corrected chi connectivity index (χ0v) is 17.3. The third-order valence-electron chi connectivity index (χ3n) is 5.01. The summed E-state index contributed by atoms with van der Waals surface area (Å²) < 4.78 is 16.0. The number of methoxy groups -OCH3 is 3. The van der Waals surface area contributed by atoms with Gasteiger partial charge in [-0.2, -0.15) is 0 Å². The van der Waals surface area contributed by atoms with Gasteiger partial charge in [0, 0.05) is 17.1 Å². The summed E-state index contributed by atoms with van der Waals surface area (Å²) in [5.41, 5.74) is 2.11. The number of benzene rings is 2. The SMILES string of the molecule is COc1cc(C(C)=O)c(C(Cc2cnc3cccc(OC)c3c2)C(=O)O)cc1OC. The minimum absolute atomic E-state index is 0.145. The number of hydrogen-bond donors (Lipinski definition) is 1. The summed E-state index contributed by atoms with van der Waals surface area (Å²) in [6.07, 6.45) is 1.79. The lowest BCUT2D eigenvalue weighted by Gasteiger charge is -2.19. The van der Waals surface area contributed by atoms with Crippen molar-refractivity contribution in [3.05, 3.63) is 59.3 Å². The van der Waals surface area contributed by atoms with Crippen LogP contribution in [-0.4, -0.2) is 43.2 Å². The summed E-state index contributed by atoms with van der Waals surface area (Å²) in [7, 11) is 4.50. The number of pyridine rings is 1. The van der Waals surface area contributed by atoms with E-state index in [4.69, 9.17) is 14.2 Å². The number of rotatable bonds is 8. The molecule has 0 saturated heterocycles. The highest BCUT2D eigenvalue weighted by atomic mass is 16.5. The number of ketones is 1. The maximum Gasteiger partial charge on any atom is 0.311 e. The standard InChI is InChI=1S/C23H23NO6/c1-13(25)15-10-21(29-3)22(30-4)11-16(15)17(23(26)27)8-14-9-18-19(24-12-14)6-5-7-20(18)28-2/h5-7,9-12,17H,8H2,1-4H3,(H,26,27). The van der Waals surface area contributed by atoms with Gasteiger partial charge in [-0.25, -0.2) is 0 Å². The van der Waals surface area contributed by atoms with E-state index in [1.54, 1.807) is 19.4 Å². The van der Waals surface area contributed by atoms with E-state index in [1.807, 2.05) is 24.3 Å². The van der Waals surface area contributed by atoms with Crippen LogP contribution in [0.15, 0.2) is 42.6 Å². The molecule has 1 unspecified atom stereocenters. The number of hydrogen-bond acceptors (Lipinski definition) is 6. The second-order valence-corrected chi connectivity index (χ2v) is 6.82. The normalized spacial score (nSPS) is 11.7. The molecular weight excluding hydrogens is 386 g/mol. The topological polar surface area (TPSA) is 95.0 Å². The Balaban J connectivity index is 2.10. The number of Topliss-reactive ketones (excluding diaryl/α,β-unsaturated/α-hetero) is 1. The van der Waals surface area contributed by atoms with Crippen LogP contribution in [0, 0.1) is 0 Å². The quantitative estimate of drug-likeness (QED) is 0.564. The van der Waals surface area contributed by atoms with Crippen LogP contribution >= 0.6 is 0 Å². The molecule has 7 heteroatoms. The fourth-order valence-electron chi connectivity index (χ4n) is 3.51. The Morgan fingerprint density at radius 2 is 1.67 bits per heavy atom. The molecule has 30 heavy (non-hydrogen) atoms. The Kier molecular flexibility index (Phi) is 6.20. The summed E-state index contributed by atoms with van der Waals surface area (Å²) in [5, 5.41) is 10.8. The van der Waals surface area contributed by atoms with Gasteiger partial charge in [-0.05, 0) is 54.8 Å². The first-order chi connectivity index (χ1) is 14.4. The molecular formula is C23H23NO6. The van der Waals surface area contributed by atoms with Crippen molar-refractivity contribution in [2.75, 3.05) is 21.3 Å². The van der Waals surface area contributed by atoms with E-state index in [9.17, 15) is 14.7 Å². The highest BCUT2D eigenvalue weighted by molar-refractivity contribution is 5.98. The van der Waals surface area contributed by atoms with Crippen molar-refractivity contribution in [3.63, 3.8) is 0 Å². The van der Waals surface area contributed by atoms with E-state index in [1.165, 1.54) is 27.2 Å². The van der Waals surface area contributed by atoms with E-state index in [0.717, 1.165) is 10.9 Å². The van der Waals surface area contributed by atoms with Gasteiger partial charge in [-0.3, -0.25) is 14.6 Å². The average molecular weight is 409 g/mol. The van der Waals surface area contributed by atoms with Gasteiger partial charge in [-0.15, -0.1) is 0 Å². The van der Waals surface area contributed by atoms with Crippen molar-refractivity contribution >= 4 is 22.7 Å². The molecule has 0 spiro atoms. The van der Waals surface area contributed by atoms with Crippen LogP contribution in [0.5, 0.6) is 17.2 Å². The highest BCUT2D eigenvalue weighted by Crippen LogP contribution is 2.36. The molecule has 1 atom stereocenters. The first kappa shape index (κ1) is 21.1. The number of carboxylic acids is 1. The van der Waals surface area contributed by atoms with Crippen molar-refractivity contribution in [2.24, 2.45) is 0 Å². The summed E-state index contributed by atoms with van der Waals surface area (Å²) in [4.78, 5) is 28.9. The van der Waals surface area contributed by atoms with Crippen molar-refractivity contribution < 1.29 is 28.9 Å². The summed E-state index contributed by atoms with van der Waals surface area (Å²) in [6, 6.07) is 10.5. The van der Waals surface area contributed by atoms with Crippen molar-refractivity contribution in [2.45, 2.75) is 19.3 Å². The lowest BCUT2D eigenvalue weighted by atomic mass is 9.87. The third kappa shape index (κ3) is 4.05. The molecule has 0 aliphatic rings. The molecule has 0 aliphatic heterocycles.